The Morgan fingerprint density at radius 2 is 2.11 bits per heavy atom. The van der Waals surface area contributed by atoms with Crippen LogP contribution >= 0.6 is 0 Å². The van der Waals surface area contributed by atoms with Crippen LogP contribution in [0, 0.1) is 12.3 Å². The van der Waals surface area contributed by atoms with Crippen molar-refractivity contribution in [3.05, 3.63) is 47.8 Å². The molecule has 1 heterocycles. The van der Waals surface area contributed by atoms with E-state index in [-0.39, 0.29) is 5.84 Å². The number of aryl methyl sites for hydroxylation is 1. The Morgan fingerprint density at radius 3 is 2.67 bits per heavy atom. The fourth-order valence-electron chi connectivity index (χ4n) is 1.58. The first-order chi connectivity index (χ1) is 8.65. The molecule has 0 spiro atoms. The zero-order chi connectivity index (χ0) is 13.0. The summed E-state index contributed by atoms with van der Waals surface area (Å²) < 4.78 is 7.43. The van der Waals surface area contributed by atoms with Gasteiger partial charge in [0.25, 0.3) is 0 Å². The van der Waals surface area contributed by atoms with Crippen molar-refractivity contribution >= 4 is 5.84 Å². The van der Waals surface area contributed by atoms with Gasteiger partial charge >= 0.3 is 0 Å². The van der Waals surface area contributed by atoms with Crippen LogP contribution in [0.4, 0.5) is 0 Å². The number of benzene rings is 1. The van der Waals surface area contributed by atoms with Crippen molar-refractivity contribution in [1.82, 2.24) is 9.78 Å². The number of nitrogens with one attached hydrogen (secondary N) is 1. The third kappa shape index (κ3) is 3.10. The second-order valence-electron chi connectivity index (χ2n) is 4.07. The Labute approximate surface area is 106 Å². The van der Waals surface area contributed by atoms with Gasteiger partial charge in [-0.25, -0.2) is 0 Å². The Kier molecular flexibility index (Phi) is 3.62. The second kappa shape index (κ2) is 5.35. The molecule has 2 rings (SSSR count). The van der Waals surface area contributed by atoms with Gasteiger partial charge in [0.15, 0.2) is 0 Å². The smallest absolute Gasteiger partial charge is 0.122 e. The molecule has 0 unspecified atom stereocenters. The molecule has 0 fully saturated rings. The number of amidine groups is 1. The monoisotopic (exact) mass is 244 g/mol. The first-order valence-corrected chi connectivity index (χ1v) is 5.71. The number of nitrogens with zero attached hydrogens (tertiary/aromatic N) is 2. The number of nitrogens with two attached hydrogens (primary N) is 1. The number of aromatic nitrogens is 2. The molecule has 1 aromatic carbocycles. The molecule has 0 atom stereocenters. The molecule has 0 aliphatic rings. The fraction of sp³-hybridized carbons (Fsp3) is 0.231. The maximum absolute atomic E-state index is 7.28. The van der Waals surface area contributed by atoms with Crippen molar-refractivity contribution in [2.45, 2.75) is 13.5 Å². The van der Waals surface area contributed by atoms with Gasteiger partial charge in [-0.2, -0.15) is 5.10 Å². The molecule has 0 radical (unpaired) electrons. The molecule has 0 bridgehead atoms. The molecule has 5 heteroatoms. The molecular formula is C13H16N4O. The van der Waals surface area contributed by atoms with Gasteiger partial charge in [-0.05, 0) is 36.8 Å². The minimum absolute atomic E-state index is 0.0635. The highest BCUT2D eigenvalue weighted by Gasteiger charge is 1.98. The number of nitrogen functional groups attached to an aromatic ring is 1. The van der Waals surface area contributed by atoms with Crippen LogP contribution in [0.1, 0.15) is 11.1 Å². The zero-order valence-corrected chi connectivity index (χ0v) is 10.3. The van der Waals surface area contributed by atoms with Crippen LogP contribution in [-0.4, -0.2) is 22.2 Å². The van der Waals surface area contributed by atoms with Gasteiger partial charge in [0.1, 0.15) is 18.2 Å². The van der Waals surface area contributed by atoms with E-state index in [4.69, 9.17) is 15.9 Å². The lowest BCUT2D eigenvalue weighted by Crippen LogP contribution is -2.11. The highest BCUT2D eigenvalue weighted by molar-refractivity contribution is 5.94. The van der Waals surface area contributed by atoms with Gasteiger partial charge in [0.2, 0.25) is 0 Å². The lowest BCUT2D eigenvalue weighted by atomic mass is 10.2. The van der Waals surface area contributed by atoms with E-state index in [2.05, 4.69) is 5.10 Å². The maximum Gasteiger partial charge on any atom is 0.122 e. The standard InChI is InChI=1S/C13H16N4O/c1-10-8-16-17(9-10)6-7-18-12-4-2-11(3-5-12)13(14)15/h2-5,8-9H,6-7H2,1H3,(H3,14,15). The lowest BCUT2D eigenvalue weighted by molar-refractivity contribution is 0.291. The molecule has 18 heavy (non-hydrogen) atoms. The molecule has 0 aliphatic heterocycles. The van der Waals surface area contributed by atoms with Crippen molar-refractivity contribution in [2.75, 3.05) is 6.61 Å². The van der Waals surface area contributed by atoms with E-state index in [1.807, 2.05) is 36.1 Å². The molecule has 0 saturated carbocycles. The van der Waals surface area contributed by atoms with Crippen LogP contribution in [0.2, 0.25) is 0 Å². The molecule has 2 aromatic rings. The summed E-state index contributed by atoms with van der Waals surface area (Å²) >= 11 is 0. The van der Waals surface area contributed by atoms with E-state index in [1.165, 1.54) is 0 Å². The Hall–Kier alpha value is -2.30. The first-order valence-electron chi connectivity index (χ1n) is 5.71. The van der Waals surface area contributed by atoms with Crippen LogP contribution in [0.5, 0.6) is 5.75 Å². The molecule has 5 nitrogen and oxygen atoms in total. The molecule has 0 saturated heterocycles. The molecule has 0 amide bonds. The average molecular weight is 244 g/mol. The van der Waals surface area contributed by atoms with Crippen molar-refractivity contribution in [1.29, 1.82) is 5.41 Å². The van der Waals surface area contributed by atoms with Crippen LogP contribution in [-0.2, 0) is 6.54 Å². The zero-order valence-electron chi connectivity index (χ0n) is 10.3. The fourth-order valence-corrected chi connectivity index (χ4v) is 1.58. The summed E-state index contributed by atoms with van der Waals surface area (Å²) in [6.07, 6.45) is 3.80. The van der Waals surface area contributed by atoms with Gasteiger partial charge in [0, 0.05) is 11.8 Å². The predicted octanol–water partition coefficient (Wildman–Crippen LogP) is 1.55. The van der Waals surface area contributed by atoms with E-state index in [9.17, 15) is 0 Å². The largest absolute Gasteiger partial charge is 0.492 e. The summed E-state index contributed by atoms with van der Waals surface area (Å²) in [5.74, 6) is 0.831. The Balaban J connectivity index is 1.85. The molecule has 0 aliphatic carbocycles. The van der Waals surface area contributed by atoms with Crippen molar-refractivity contribution in [3.8, 4) is 5.75 Å². The van der Waals surface area contributed by atoms with E-state index in [0.717, 1.165) is 11.3 Å². The van der Waals surface area contributed by atoms with E-state index in [1.54, 1.807) is 12.1 Å². The SMILES string of the molecule is Cc1cnn(CCOc2ccc(C(=N)N)cc2)c1. The number of hydrogen-bond acceptors (Lipinski definition) is 3. The summed E-state index contributed by atoms with van der Waals surface area (Å²) in [6.45, 7) is 3.27. The highest BCUT2D eigenvalue weighted by atomic mass is 16.5. The molecular weight excluding hydrogens is 228 g/mol. The van der Waals surface area contributed by atoms with Gasteiger partial charge < -0.3 is 10.5 Å². The van der Waals surface area contributed by atoms with E-state index < -0.39 is 0 Å². The number of hydrogen-bond donors (Lipinski definition) is 2. The third-order valence-corrected chi connectivity index (χ3v) is 2.52. The molecule has 1 aromatic heterocycles. The summed E-state index contributed by atoms with van der Waals surface area (Å²) in [6, 6.07) is 7.17. The summed E-state index contributed by atoms with van der Waals surface area (Å²) in [5.41, 5.74) is 7.21. The van der Waals surface area contributed by atoms with Crippen molar-refractivity contribution < 1.29 is 4.74 Å². The van der Waals surface area contributed by atoms with Crippen molar-refractivity contribution in [3.63, 3.8) is 0 Å². The minimum atomic E-state index is 0.0635. The van der Waals surface area contributed by atoms with Crippen molar-refractivity contribution in [2.24, 2.45) is 5.73 Å². The van der Waals surface area contributed by atoms with E-state index in [0.29, 0.717) is 18.7 Å². The van der Waals surface area contributed by atoms with Gasteiger partial charge in [-0.3, -0.25) is 10.1 Å². The third-order valence-electron chi connectivity index (χ3n) is 2.52. The highest BCUT2D eigenvalue weighted by Crippen LogP contribution is 2.11. The predicted molar refractivity (Wildman–Crippen MR) is 69.9 cm³/mol. The topological polar surface area (TPSA) is 76.9 Å². The Morgan fingerprint density at radius 1 is 1.39 bits per heavy atom. The first kappa shape index (κ1) is 12.2. The number of rotatable bonds is 5. The van der Waals surface area contributed by atoms with Gasteiger partial charge in [-0.1, -0.05) is 0 Å². The summed E-state index contributed by atoms with van der Waals surface area (Å²) in [4.78, 5) is 0. The van der Waals surface area contributed by atoms with Crippen LogP contribution in [0.3, 0.4) is 0 Å². The Bertz CT molecular complexity index is 530. The molecule has 94 valence electrons. The maximum atomic E-state index is 7.28. The number of ether oxygens (including phenoxy) is 1. The molecule has 3 N–H and O–H groups in total. The lowest BCUT2D eigenvalue weighted by Gasteiger charge is -2.07. The van der Waals surface area contributed by atoms with Crippen LogP contribution in [0.15, 0.2) is 36.7 Å². The second-order valence-corrected chi connectivity index (χ2v) is 4.07. The quantitative estimate of drug-likeness (QED) is 0.619. The van der Waals surface area contributed by atoms with Gasteiger partial charge in [-0.15, -0.1) is 0 Å². The normalized spacial score (nSPS) is 10.3. The average Bonchev–Trinajstić information content (AvgIpc) is 2.76. The minimum Gasteiger partial charge on any atom is -0.492 e. The van der Waals surface area contributed by atoms with Crippen LogP contribution in [0.25, 0.3) is 0 Å². The van der Waals surface area contributed by atoms with Gasteiger partial charge in [0.05, 0.1) is 12.7 Å². The summed E-state index contributed by atoms with van der Waals surface area (Å²) in [7, 11) is 0. The summed E-state index contributed by atoms with van der Waals surface area (Å²) in [5, 5.41) is 11.5. The van der Waals surface area contributed by atoms with Crippen LogP contribution < -0.4 is 10.5 Å². The van der Waals surface area contributed by atoms with E-state index >= 15 is 0 Å².